The van der Waals surface area contributed by atoms with Crippen LogP contribution in [0.15, 0.2) is 18.2 Å². The standard InChI is InChI=1S/C15H21N3S/c16-15(19)13-6-3-7-14(17-13)18-9-8-11-4-1-2-5-12(11)10-18/h3,6-7,11-12H,1-2,4-5,8-10H2,(H2,16,19). The van der Waals surface area contributed by atoms with Crippen LogP contribution in [-0.4, -0.2) is 23.1 Å². The van der Waals surface area contributed by atoms with Gasteiger partial charge in [0.25, 0.3) is 0 Å². The topological polar surface area (TPSA) is 42.1 Å². The molecule has 2 fully saturated rings. The molecule has 0 amide bonds. The Kier molecular flexibility index (Phi) is 3.69. The second kappa shape index (κ2) is 5.45. The molecule has 2 unspecified atom stereocenters. The fraction of sp³-hybridized carbons (Fsp3) is 0.600. The summed E-state index contributed by atoms with van der Waals surface area (Å²) in [4.78, 5) is 7.39. The van der Waals surface area contributed by atoms with Gasteiger partial charge in [0.1, 0.15) is 10.8 Å². The number of aromatic nitrogens is 1. The lowest BCUT2D eigenvalue weighted by molar-refractivity contribution is 0.202. The van der Waals surface area contributed by atoms with Crippen LogP contribution in [0.5, 0.6) is 0 Å². The van der Waals surface area contributed by atoms with E-state index in [0.29, 0.717) is 4.99 Å². The SMILES string of the molecule is NC(=S)c1cccc(N2CCC3CCCCC3C2)n1. The highest BCUT2D eigenvalue weighted by Gasteiger charge is 2.31. The monoisotopic (exact) mass is 275 g/mol. The third-order valence-corrected chi connectivity index (χ3v) is 4.81. The molecule has 2 N–H and O–H groups in total. The molecule has 3 nitrogen and oxygen atoms in total. The van der Waals surface area contributed by atoms with E-state index in [1.807, 2.05) is 12.1 Å². The molecule has 102 valence electrons. The van der Waals surface area contributed by atoms with Crippen LogP contribution in [0.1, 0.15) is 37.8 Å². The second-order valence-electron chi connectivity index (χ2n) is 5.78. The van der Waals surface area contributed by atoms with Crippen molar-refractivity contribution in [2.24, 2.45) is 17.6 Å². The average Bonchev–Trinajstić information content (AvgIpc) is 2.47. The molecule has 1 saturated heterocycles. The molecule has 2 aliphatic rings. The molecule has 1 aromatic rings. The van der Waals surface area contributed by atoms with Crippen molar-refractivity contribution in [1.82, 2.24) is 4.98 Å². The van der Waals surface area contributed by atoms with Crippen LogP contribution in [0, 0.1) is 11.8 Å². The van der Waals surface area contributed by atoms with E-state index >= 15 is 0 Å². The summed E-state index contributed by atoms with van der Waals surface area (Å²) in [5.41, 5.74) is 6.40. The quantitative estimate of drug-likeness (QED) is 0.843. The summed E-state index contributed by atoms with van der Waals surface area (Å²) < 4.78 is 0. The highest BCUT2D eigenvalue weighted by atomic mass is 32.1. The number of pyridine rings is 1. The van der Waals surface area contributed by atoms with E-state index < -0.39 is 0 Å². The zero-order valence-corrected chi connectivity index (χ0v) is 12.0. The third-order valence-electron chi connectivity index (χ3n) is 4.60. The first-order valence-electron chi connectivity index (χ1n) is 7.26. The van der Waals surface area contributed by atoms with E-state index in [9.17, 15) is 0 Å². The van der Waals surface area contributed by atoms with Gasteiger partial charge in [-0.2, -0.15) is 0 Å². The molecule has 4 heteroatoms. The average molecular weight is 275 g/mol. The first kappa shape index (κ1) is 12.9. The Morgan fingerprint density at radius 1 is 1.21 bits per heavy atom. The Bertz CT molecular complexity index is 474. The van der Waals surface area contributed by atoms with Crippen LogP contribution >= 0.6 is 12.2 Å². The molecule has 1 aliphatic carbocycles. The third kappa shape index (κ3) is 2.73. The van der Waals surface area contributed by atoms with Gasteiger partial charge in [0.05, 0.1) is 5.69 Å². The van der Waals surface area contributed by atoms with Gasteiger partial charge in [-0.25, -0.2) is 4.98 Å². The van der Waals surface area contributed by atoms with E-state index in [0.717, 1.165) is 36.4 Å². The van der Waals surface area contributed by atoms with E-state index in [2.05, 4.69) is 16.0 Å². The van der Waals surface area contributed by atoms with Crippen LogP contribution < -0.4 is 10.6 Å². The van der Waals surface area contributed by atoms with Gasteiger partial charge in [0.15, 0.2) is 0 Å². The van der Waals surface area contributed by atoms with Crippen LogP contribution in [0.2, 0.25) is 0 Å². The van der Waals surface area contributed by atoms with Crippen LogP contribution in [0.3, 0.4) is 0 Å². The Morgan fingerprint density at radius 3 is 2.79 bits per heavy atom. The number of nitrogens with zero attached hydrogens (tertiary/aromatic N) is 2. The Morgan fingerprint density at radius 2 is 2.00 bits per heavy atom. The van der Waals surface area contributed by atoms with Gasteiger partial charge < -0.3 is 10.6 Å². The first-order chi connectivity index (χ1) is 9.24. The molecule has 2 atom stereocenters. The minimum Gasteiger partial charge on any atom is -0.388 e. The molecule has 2 heterocycles. The van der Waals surface area contributed by atoms with Gasteiger partial charge in [0, 0.05) is 13.1 Å². The fourth-order valence-electron chi connectivity index (χ4n) is 3.55. The Hall–Kier alpha value is -1.16. The summed E-state index contributed by atoms with van der Waals surface area (Å²) in [5.74, 6) is 2.84. The molecule has 0 spiro atoms. The van der Waals surface area contributed by atoms with Crippen LogP contribution in [0.25, 0.3) is 0 Å². The largest absolute Gasteiger partial charge is 0.388 e. The van der Waals surface area contributed by atoms with Crippen molar-refractivity contribution in [2.45, 2.75) is 32.1 Å². The predicted octanol–water partition coefficient (Wildman–Crippen LogP) is 2.73. The summed E-state index contributed by atoms with van der Waals surface area (Å²) in [6, 6.07) is 5.97. The Balaban J connectivity index is 1.75. The summed E-state index contributed by atoms with van der Waals surface area (Å²) in [5, 5.41) is 0. The molecule has 0 aromatic carbocycles. The molecule has 1 saturated carbocycles. The van der Waals surface area contributed by atoms with Crippen molar-refractivity contribution in [3.8, 4) is 0 Å². The van der Waals surface area contributed by atoms with Crippen LogP contribution in [0.4, 0.5) is 5.82 Å². The lowest BCUT2D eigenvalue weighted by Crippen LogP contribution is -2.42. The van der Waals surface area contributed by atoms with E-state index in [1.54, 1.807) is 0 Å². The lowest BCUT2D eigenvalue weighted by Gasteiger charge is -2.41. The fourth-order valence-corrected chi connectivity index (χ4v) is 3.66. The molecule has 0 bridgehead atoms. The number of hydrogen-bond donors (Lipinski definition) is 1. The van der Waals surface area contributed by atoms with E-state index in [-0.39, 0.29) is 0 Å². The second-order valence-corrected chi connectivity index (χ2v) is 6.22. The van der Waals surface area contributed by atoms with E-state index in [1.165, 1.54) is 32.1 Å². The maximum atomic E-state index is 5.67. The molecule has 0 radical (unpaired) electrons. The summed E-state index contributed by atoms with van der Waals surface area (Å²) in [6.45, 7) is 2.27. The summed E-state index contributed by atoms with van der Waals surface area (Å²) in [7, 11) is 0. The number of thiocarbonyl (C=S) groups is 1. The van der Waals surface area contributed by atoms with Crippen molar-refractivity contribution in [3.63, 3.8) is 0 Å². The Labute approximate surface area is 120 Å². The summed E-state index contributed by atoms with van der Waals surface area (Å²) in [6.07, 6.45) is 6.95. The van der Waals surface area contributed by atoms with Crippen molar-refractivity contribution in [2.75, 3.05) is 18.0 Å². The molecular formula is C15H21N3S. The van der Waals surface area contributed by atoms with Crippen LogP contribution in [-0.2, 0) is 0 Å². The van der Waals surface area contributed by atoms with Crippen molar-refractivity contribution < 1.29 is 0 Å². The highest BCUT2D eigenvalue weighted by Crippen LogP contribution is 2.37. The number of nitrogens with two attached hydrogens (primary N) is 1. The van der Waals surface area contributed by atoms with E-state index in [4.69, 9.17) is 18.0 Å². The van der Waals surface area contributed by atoms with Crippen molar-refractivity contribution in [1.29, 1.82) is 0 Å². The number of rotatable bonds is 2. The normalized spacial score (nSPS) is 26.8. The van der Waals surface area contributed by atoms with Gasteiger partial charge in [-0.3, -0.25) is 0 Å². The van der Waals surface area contributed by atoms with Crippen molar-refractivity contribution in [3.05, 3.63) is 23.9 Å². The zero-order valence-electron chi connectivity index (χ0n) is 11.2. The minimum atomic E-state index is 0.384. The predicted molar refractivity (Wildman–Crippen MR) is 82.4 cm³/mol. The zero-order chi connectivity index (χ0) is 13.2. The van der Waals surface area contributed by atoms with Crippen molar-refractivity contribution >= 4 is 23.0 Å². The lowest BCUT2D eigenvalue weighted by atomic mass is 9.75. The first-order valence-corrected chi connectivity index (χ1v) is 7.66. The van der Waals surface area contributed by atoms with Gasteiger partial charge in [-0.15, -0.1) is 0 Å². The number of fused-ring (bicyclic) bond motifs is 1. The smallest absolute Gasteiger partial charge is 0.129 e. The van der Waals surface area contributed by atoms with Gasteiger partial charge in [-0.1, -0.05) is 37.5 Å². The number of anilines is 1. The molecule has 19 heavy (non-hydrogen) atoms. The summed E-state index contributed by atoms with van der Waals surface area (Å²) >= 11 is 5.01. The maximum absolute atomic E-state index is 5.67. The number of hydrogen-bond acceptors (Lipinski definition) is 3. The maximum Gasteiger partial charge on any atom is 0.129 e. The van der Waals surface area contributed by atoms with Gasteiger partial charge >= 0.3 is 0 Å². The highest BCUT2D eigenvalue weighted by molar-refractivity contribution is 7.80. The number of piperidine rings is 1. The molecule has 1 aromatic heterocycles. The van der Waals surface area contributed by atoms with Gasteiger partial charge in [0.2, 0.25) is 0 Å². The molecular weight excluding hydrogens is 254 g/mol. The molecule has 3 rings (SSSR count). The van der Waals surface area contributed by atoms with Gasteiger partial charge in [-0.05, 0) is 36.8 Å². The molecule has 1 aliphatic heterocycles. The minimum absolute atomic E-state index is 0.384.